The van der Waals surface area contributed by atoms with Crippen LogP contribution in [0.5, 0.6) is 5.75 Å². The van der Waals surface area contributed by atoms with Crippen molar-refractivity contribution in [2.24, 2.45) is 0 Å². The number of para-hydroxylation sites is 1. The number of nitrogens with one attached hydrogen (secondary N) is 1. The molecule has 0 radical (unpaired) electrons. The molecule has 7 heteroatoms. The van der Waals surface area contributed by atoms with Crippen molar-refractivity contribution >= 4 is 17.7 Å². The number of methoxy groups -OCH3 is 1. The molecule has 0 aliphatic heterocycles. The maximum absolute atomic E-state index is 12.7. The van der Waals surface area contributed by atoms with Gasteiger partial charge in [-0.2, -0.15) is 0 Å². The molecule has 0 unspecified atom stereocenters. The van der Waals surface area contributed by atoms with Crippen LogP contribution in [0, 0.1) is 0 Å². The summed E-state index contributed by atoms with van der Waals surface area (Å²) in [6.07, 6.45) is 8.90. The van der Waals surface area contributed by atoms with Crippen molar-refractivity contribution in [2.75, 3.05) is 7.11 Å². The summed E-state index contributed by atoms with van der Waals surface area (Å²) in [5, 5.41) is 12.4. The third-order valence-electron chi connectivity index (χ3n) is 5.23. The summed E-state index contributed by atoms with van der Waals surface area (Å²) in [6, 6.07) is 8.02. The van der Waals surface area contributed by atoms with Gasteiger partial charge in [0, 0.05) is 12.6 Å². The largest absolute Gasteiger partial charge is 0.496 e. The summed E-state index contributed by atoms with van der Waals surface area (Å²) in [6.45, 7) is 6.34. The maximum Gasteiger partial charge on any atom is 0.233 e. The van der Waals surface area contributed by atoms with Crippen molar-refractivity contribution < 1.29 is 9.53 Å². The number of hydrogen-bond donors (Lipinski definition) is 1. The average Bonchev–Trinajstić information content (AvgIpc) is 2.94. The second-order valence-electron chi connectivity index (χ2n) is 7.36. The maximum atomic E-state index is 12.7. The highest BCUT2D eigenvalue weighted by atomic mass is 32.2. The minimum absolute atomic E-state index is 0.0638. The van der Waals surface area contributed by atoms with Gasteiger partial charge >= 0.3 is 0 Å². The number of nitrogens with zero attached hydrogens (tertiary/aromatic N) is 3. The lowest BCUT2D eigenvalue weighted by Gasteiger charge is -2.19. The molecule has 29 heavy (non-hydrogen) atoms. The van der Waals surface area contributed by atoms with Gasteiger partial charge in [-0.1, -0.05) is 55.7 Å². The van der Waals surface area contributed by atoms with Crippen molar-refractivity contribution in [1.29, 1.82) is 0 Å². The second-order valence-corrected chi connectivity index (χ2v) is 8.67. The van der Waals surface area contributed by atoms with Gasteiger partial charge in [-0.05, 0) is 31.9 Å². The lowest BCUT2D eigenvalue weighted by Crippen LogP contribution is -2.39. The first-order chi connectivity index (χ1) is 14.1. The summed E-state index contributed by atoms with van der Waals surface area (Å²) in [4.78, 5) is 12.7. The zero-order chi connectivity index (χ0) is 20.6. The fraction of sp³-hybridized carbons (Fsp3) is 0.500. The molecule has 2 aromatic rings. The van der Waals surface area contributed by atoms with Crippen molar-refractivity contribution in [1.82, 2.24) is 20.1 Å². The van der Waals surface area contributed by atoms with Crippen LogP contribution < -0.4 is 10.1 Å². The van der Waals surface area contributed by atoms with Gasteiger partial charge in [0.2, 0.25) is 5.91 Å². The van der Waals surface area contributed by atoms with Gasteiger partial charge in [0.1, 0.15) is 5.75 Å². The number of aromatic nitrogens is 3. The third-order valence-corrected chi connectivity index (χ3v) is 6.31. The van der Waals surface area contributed by atoms with E-state index in [0.29, 0.717) is 23.6 Å². The zero-order valence-electron chi connectivity index (χ0n) is 17.3. The fourth-order valence-corrected chi connectivity index (χ4v) is 4.52. The van der Waals surface area contributed by atoms with Crippen LogP contribution in [-0.2, 0) is 11.3 Å². The van der Waals surface area contributed by atoms with Crippen LogP contribution in [0.2, 0.25) is 0 Å². The van der Waals surface area contributed by atoms with Crippen molar-refractivity contribution in [2.45, 2.75) is 68.4 Å². The number of amides is 1. The average molecular weight is 415 g/mol. The number of hydrogen-bond acceptors (Lipinski definition) is 5. The molecule has 1 amide bonds. The summed E-state index contributed by atoms with van der Waals surface area (Å²) in [5.74, 6) is 1.51. The normalized spacial score (nSPS) is 16.1. The van der Waals surface area contributed by atoms with Crippen LogP contribution >= 0.6 is 11.8 Å². The van der Waals surface area contributed by atoms with Crippen LogP contribution in [0.4, 0.5) is 0 Å². The molecule has 1 N–H and O–H groups in total. The van der Waals surface area contributed by atoms with Crippen molar-refractivity contribution in [3.05, 3.63) is 36.9 Å². The predicted molar refractivity (Wildman–Crippen MR) is 117 cm³/mol. The van der Waals surface area contributed by atoms with Gasteiger partial charge < -0.3 is 10.1 Å². The quantitative estimate of drug-likeness (QED) is 0.392. The van der Waals surface area contributed by atoms with Gasteiger partial charge in [-0.25, -0.2) is 0 Å². The highest BCUT2D eigenvalue weighted by Gasteiger charge is 2.23. The Morgan fingerprint density at radius 1 is 1.31 bits per heavy atom. The minimum atomic E-state index is -0.253. The number of allylic oxidation sites excluding steroid dienone is 1. The highest BCUT2D eigenvalue weighted by Crippen LogP contribution is 2.32. The number of thioether (sulfide) groups is 1. The van der Waals surface area contributed by atoms with E-state index in [1.54, 1.807) is 7.11 Å². The first kappa shape index (κ1) is 21.4. The summed E-state index contributed by atoms with van der Waals surface area (Å²) in [5.41, 5.74) is 0.867. The summed E-state index contributed by atoms with van der Waals surface area (Å²) in [7, 11) is 1.64. The number of benzene rings is 1. The zero-order valence-corrected chi connectivity index (χ0v) is 18.1. The van der Waals surface area contributed by atoms with Gasteiger partial charge in [-0.3, -0.25) is 9.36 Å². The molecule has 1 saturated carbocycles. The van der Waals surface area contributed by atoms with E-state index in [0.717, 1.165) is 24.2 Å². The van der Waals surface area contributed by atoms with E-state index >= 15 is 0 Å². The van der Waals surface area contributed by atoms with E-state index in [1.807, 2.05) is 41.8 Å². The van der Waals surface area contributed by atoms with Crippen molar-refractivity contribution in [3.63, 3.8) is 0 Å². The van der Waals surface area contributed by atoms with Crippen LogP contribution in [-0.4, -0.2) is 39.1 Å². The lowest BCUT2D eigenvalue weighted by atomic mass is 10.1. The van der Waals surface area contributed by atoms with Gasteiger partial charge in [0.15, 0.2) is 11.0 Å². The number of carbonyl (C=O) groups is 1. The first-order valence-electron chi connectivity index (χ1n) is 10.3. The Hall–Kier alpha value is -2.28. The second kappa shape index (κ2) is 10.5. The fourth-order valence-electron chi connectivity index (χ4n) is 3.65. The van der Waals surface area contributed by atoms with Crippen LogP contribution in [0.1, 0.15) is 45.4 Å². The van der Waals surface area contributed by atoms with Crippen molar-refractivity contribution in [3.8, 4) is 17.1 Å². The summed E-state index contributed by atoms with van der Waals surface area (Å²) >= 11 is 1.43. The monoisotopic (exact) mass is 414 g/mol. The Labute approximate surface area is 177 Å². The molecule has 1 fully saturated rings. The topological polar surface area (TPSA) is 69.0 Å². The van der Waals surface area contributed by atoms with E-state index in [9.17, 15) is 4.79 Å². The van der Waals surface area contributed by atoms with Gasteiger partial charge in [0.25, 0.3) is 0 Å². The number of ether oxygens (including phenoxy) is 1. The number of carbonyl (C=O) groups excluding carboxylic acids is 1. The Morgan fingerprint density at radius 2 is 2.03 bits per heavy atom. The summed E-state index contributed by atoms with van der Waals surface area (Å²) < 4.78 is 7.46. The SMILES string of the molecule is C=CCn1c(S[C@@H](C)C(=O)NC2CCCCCC2)nnc1-c1ccccc1OC. The third kappa shape index (κ3) is 5.41. The predicted octanol–water partition coefficient (Wildman–Crippen LogP) is 4.46. The molecule has 1 aliphatic carbocycles. The molecule has 1 aliphatic rings. The molecular weight excluding hydrogens is 384 g/mol. The standard InChI is InChI=1S/C22H30N4O2S/c1-4-15-26-20(18-13-9-10-14-19(18)28-3)24-25-22(26)29-16(2)21(27)23-17-11-7-5-6-8-12-17/h4,9-10,13-14,16-17H,1,5-8,11-12,15H2,2-3H3,(H,23,27)/t16-/m0/s1. The van der Waals surface area contributed by atoms with E-state index in [1.165, 1.54) is 37.4 Å². The Kier molecular flexibility index (Phi) is 7.75. The molecular formula is C22H30N4O2S. The van der Waals surface area contributed by atoms with Crippen LogP contribution in [0.3, 0.4) is 0 Å². The molecule has 1 aromatic heterocycles. The van der Waals surface area contributed by atoms with Gasteiger partial charge in [0.05, 0.1) is 17.9 Å². The minimum Gasteiger partial charge on any atom is -0.496 e. The van der Waals surface area contributed by atoms with E-state index in [4.69, 9.17) is 4.74 Å². The molecule has 3 rings (SSSR count). The van der Waals surface area contributed by atoms with E-state index in [-0.39, 0.29) is 11.2 Å². The van der Waals surface area contributed by atoms with Crippen LogP contribution in [0.15, 0.2) is 42.1 Å². The molecule has 1 aromatic carbocycles. The number of rotatable bonds is 8. The van der Waals surface area contributed by atoms with Crippen LogP contribution in [0.25, 0.3) is 11.4 Å². The van der Waals surface area contributed by atoms with E-state index in [2.05, 4.69) is 22.1 Å². The Balaban J connectivity index is 1.75. The lowest BCUT2D eigenvalue weighted by molar-refractivity contribution is -0.121. The first-order valence-corrected chi connectivity index (χ1v) is 11.2. The smallest absolute Gasteiger partial charge is 0.233 e. The molecule has 0 spiro atoms. The Bertz CT molecular complexity index is 828. The molecule has 1 atom stereocenters. The van der Waals surface area contributed by atoms with E-state index < -0.39 is 0 Å². The van der Waals surface area contributed by atoms with Gasteiger partial charge in [-0.15, -0.1) is 16.8 Å². The molecule has 156 valence electrons. The molecule has 1 heterocycles. The Morgan fingerprint density at radius 3 is 2.72 bits per heavy atom. The molecule has 6 nitrogen and oxygen atoms in total. The molecule has 0 saturated heterocycles. The molecule has 0 bridgehead atoms. The highest BCUT2D eigenvalue weighted by molar-refractivity contribution is 8.00.